The number of carboxylic acids is 1. The van der Waals surface area contributed by atoms with Gasteiger partial charge >= 0.3 is 5.97 Å². The van der Waals surface area contributed by atoms with Crippen molar-refractivity contribution < 1.29 is 19.4 Å². The first-order valence-electron chi connectivity index (χ1n) is 11.7. The molecule has 1 amide bonds. The number of carbonyl (C=O) groups excluding carboxylic acids is 1. The van der Waals surface area contributed by atoms with Crippen LogP contribution in [0.4, 0.5) is 0 Å². The van der Waals surface area contributed by atoms with Gasteiger partial charge in [0.05, 0.1) is 22.0 Å². The average molecular weight is 535 g/mol. The van der Waals surface area contributed by atoms with E-state index in [0.29, 0.717) is 28.5 Å². The predicted molar refractivity (Wildman–Crippen MR) is 149 cm³/mol. The van der Waals surface area contributed by atoms with E-state index in [-0.39, 0.29) is 23.3 Å². The van der Waals surface area contributed by atoms with Gasteiger partial charge in [-0.1, -0.05) is 54.1 Å². The Kier molecular flexibility index (Phi) is 8.69. The second kappa shape index (κ2) is 12.1. The van der Waals surface area contributed by atoms with Gasteiger partial charge in [-0.25, -0.2) is 9.78 Å². The number of aromatic nitrogens is 1. The second-order valence-electron chi connectivity index (χ2n) is 8.68. The van der Waals surface area contributed by atoms with Gasteiger partial charge in [0.2, 0.25) is 5.91 Å². The molecule has 0 spiro atoms. The van der Waals surface area contributed by atoms with Crippen LogP contribution in [0.5, 0.6) is 5.75 Å². The molecule has 1 heterocycles. The van der Waals surface area contributed by atoms with Crippen LogP contribution in [0.1, 0.15) is 38.8 Å². The average Bonchev–Trinajstić information content (AvgIpc) is 2.89. The largest absolute Gasteiger partial charge is 0.487 e. The lowest BCUT2D eigenvalue weighted by Gasteiger charge is -2.21. The van der Waals surface area contributed by atoms with Crippen LogP contribution in [-0.2, 0) is 11.4 Å². The van der Waals surface area contributed by atoms with Crippen LogP contribution in [0.15, 0.2) is 78.9 Å². The molecule has 0 aliphatic carbocycles. The molecule has 3 aromatic carbocycles. The minimum absolute atomic E-state index is 0.0269. The van der Waals surface area contributed by atoms with E-state index >= 15 is 0 Å². The summed E-state index contributed by atoms with van der Waals surface area (Å²) in [6.45, 7) is 0.271. The van der Waals surface area contributed by atoms with Crippen molar-refractivity contribution in [3.8, 4) is 5.75 Å². The van der Waals surface area contributed by atoms with Gasteiger partial charge in [-0.3, -0.25) is 4.79 Å². The number of ether oxygens (including phenoxy) is 1. The fourth-order valence-electron chi connectivity index (χ4n) is 3.91. The maximum absolute atomic E-state index is 12.1. The zero-order chi connectivity index (χ0) is 26.4. The summed E-state index contributed by atoms with van der Waals surface area (Å²) >= 11 is 7.65. The Morgan fingerprint density at radius 3 is 2.59 bits per heavy atom. The molecule has 190 valence electrons. The van der Waals surface area contributed by atoms with Crippen LogP contribution in [0, 0.1) is 0 Å². The SMILES string of the molecule is CN(C)C(=O)CCSC(c1cccc(OCc2ccc3ccc(Cl)cc3n2)c1)c1ccccc1C(=O)O. The minimum Gasteiger partial charge on any atom is -0.487 e. The van der Waals surface area contributed by atoms with E-state index in [1.807, 2.05) is 66.7 Å². The number of rotatable bonds is 10. The topological polar surface area (TPSA) is 79.7 Å². The summed E-state index contributed by atoms with van der Waals surface area (Å²) in [6.07, 6.45) is 0.358. The minimum atomic E-state index is -0.986. The van der Waals surface area contributed by atoms with Gasteiger partial charge in [0.15, 0.2) is 0 Å². The number of halogens is 1. The first-order valence-corrected chi connectivity index (χ1v) is 13.2. The first-order chi connectivity index (χ1) is 17.8. The third-order valence-corrected chi connectivity index (χ3v) is 7.37. The molecule has 1 aromatic heterocycles. The smallest absolute Gasteiger partial charge is 0.336 e. The van der Waals surface area contributed by atoms with E-state index in [9.17, 15) is 14.7 Å². The summed E-state index contributed by atoms with van der Waals surface area (Å²) in [6, 6.07) is 24.1. The standard InChI is InChI=1S/C29H27ClN2O4S/c1-32(2)27(33)14-15-37-28(24-8-3-4-9-25(24)29(34)35)20-6-5-7-23(16-20)36-18-22-13-11-19-10-12-21(30)17-26(19)31-22/h3-13,16-17,28H,14-15,18H2,1-2H3,(H,34,35). The molecule has 0 saturated carbocycles. The first kappa shape index (κ1) is 26.5. The van der Waals surface area contributed by atoms with Crippen molar-refractivity contribution in [1.82, 2.24) is 9.88 Å². The summed E-state index contributed by atoms with van der Waals surface area (Å²) in [5.74, 6) is 0.234. The molecule has 0 radical (unpaired) electrons. The number of thioether (sulfide) groups is 1. The molecule has 0 fully saturated rings. The predicted octanol–water partition coefficient (Wildman–Crippen LogP) is 6.47. The van der Waals surface area contributed by atoms with Gasteiger partial charge in [0, 0.05) is 36.7 Å². The molecule has 6 nitrogen and oxygen atoms in total. The molecule has 1 unspecified atom stereocenters. The zero-order valence-electron chi connectivity index (χ0n) is 20.6. The Morgan fingerprint density at radius 1 is 1.03 bits per heavy atom. The molecule has 0 aliphatic rings. The summed E-state index contributed by atoms with van der Waals surface area (Å²) in [4.78, 5) is 30.3. The number of hydrogen-bond donors (Lipinski definition) is 1. The van der Waals surface area contributed by atoms with Crippen LogP contribution in [0.2, 0.25) is 5.02 Å². The lowest BCUT2D eigenvalue weighted by Crippen LogP contribution is -2.22. The van der Waals surface area contributed by atoms with Crippen molar-refractivity contribution in [3.63, 3.8) is 0 Å². The van der Waals surface area contributed by atoms with Crippen molar-refractivity contribution in [2.24, 2.45) is 0 Å². The Hall–Kier alpha value is -3.55. The molecule has 8 heteroatoms. The van der Waals surface area contributed by atoms with Crippen molar-refractivity contribution >= 4 is 46.1 Å². The lowest BCUT2D eigenvalue weighted by molar-refractivity contribution is -0.128. The molecule has 0 aliphatic heterocycles. The Labute approximate surface area is 225 Å². The highest BCUT2D eigenvalue weighted by atomic mass is 35.5. The number of hydrogen-bond acceptors (Lipinski definition) is 5. The third-order valence-electron chi connectivity index (χ3n) is 5.83. The number of carboxylic acid groups (broad SMARTS) is 1. The molecular formula is C29H27ClN2O4S. The maximum atomic E-state index is 12.1. The molecule has 0 bridgehead atoms. The van der Waals surface area contributed by atoms with Crippen LogP contribution in [0.25, 0.3) is 10.9 Å². The highest BCUT2D eigenvalue weighted by molar-refractivity contribution is 7.99. The summed E-state index contributed by atoms with van der Waals surface area (Å²) < 4.78 is 6.07. The Balaban J connectivity index is 1.57. The maximum Gasteiger partial charge on any atom is 0.336 e. The van der Waals surface area contributed by atoms with E-state index in [0.717, 1.165) is 22.2 Å². The van der Waals surface area contributed by atoms with Crippen LogP contribution >= 0.6 is 23.4 Å². The highest BCUT2D eigenvalue weighted by Gasteiger charge is 2.22. The van der Waals surface area contributed by atoms with Crippen LogP contribution in [-0.4, -0.2) is 46.7 Å². The molecular weight excluding hydrogens is 508 g/mol. The zero-order valence-corrected chi connectivity index (χ0v) is 22.1. The lowest BCUT2D eigenvalue weighted by atomic mass is 9.99. The third kappa shape index (κ3) is 6.81. The Bertz CT molecular complexity index is 1430. The monoisotopic (exact) mass is 534 g/mol. The normalized spacial score (nSPS) is 11.8. The number of aromatic carboxylic acids is 1. The van der Waals surface area contributed by atoms with Gasteiger partial charge in [-0.05, 0) is 47.5 Å². The van der Waals surface area contributed by atoms with Crippen molar-refractivity contribution in [2.45, 2.75) is 18.3 Å². The molecule has 4 rings (SSSR count). The van der Waals surface area contributed by atoms with E-state index in [4.69, 9.17) is 16.3 Å². The molecule has 1 atom stereocenters. The van der Waals surface area contributed by atoms with Gasteiger partial charge in [-0.2, -0.15) is 0 Å². The van der Waals surface area contributed by atoms with Gasteiger partial charge in [-0.15, -0.1) is 11.8 Å². The fourth-order valence-corrected chi connectivity index (χ4v) is 5.33. The van der Waals surface area contributed by atoms with Crippen molar-refractivity contribution in [1.29, 1.82) is 0 Å². The van der Waals surface area contributed by atoms with Gasteiger partial charge in [0.25, 0.3) is 0 Å². The molecule has 4 aromatic rings. The molecule has 37 heavy (non-hydrogen) atoms. The molecule has 0 saturated heterocycles. The number of carbonyl (C=O) groups is 2. The number of amides is 1. The highest BCUT2D eigenvalue weighted by Crippen LogP contribution is 2.39. The van der Waals surface area contributed by atoms with Gasteiger partial charge < -0.3 is 14.7 Å². The van der Waals surface area contributed by atoms with E-state index < -0.39 is 5.97 Å². The van der Waals surface area contributed by atoms with Crippen molar-refractivity contribution in [3.05, 3.63) is 106 Å². The summed E-state index contributed by atoms with van der Waals surface area (Å²) in [5.41, 5.74) is 3.39. The number of fused-ring (bicyclic) bond motifs is 1. The van der Waals surface area contributed by atoms with Crippen LogP contribution < -0.4 is 4.74 Å². The number of nitrogens with zero attached hydrogens (tertiary/aromatic N) is 2. The van der Waals surface area contributed by atoms with Gasteiger partial charge in [0.1, 0.15) is 12.4 Å². The second-order valence-corrected chi connectivity index (χ2v) is 10.3. The summed E-state index contributed by atoms with van der Waals surface area (Å²) in [5, 5.41) is 11.1. The summed E-state index contributed by atoms with van der Waals surface area (Å²) in [7, 11) is 3.45. The quantitative estimate of drug-likeness (QED) is 0.251. The molecule has 1 N–H and O–H groups in total. The fraction of sp³-hybridized carbons (Fsp3) is 0.207. The van der Waals surface area contributed by atoms with E-state index in [1.54, 1.807) is 31.1 Å². The number of benzene rings is 3. The Morgan fingerprint density at radius 2 is 1.81 bits per heavy atom. The van der Waals surface area contributed by atoms with Crippen molar-refractivity contribution in [2.75, 3.05) is 19.8 Å². The van der Waals surface area contributed by atoms with E-state index in [2.05, 4.69) is 4.98 Å². The number of pyridine rings is 1. The van der Waals surface area contributed by atoms with E-state index in [1.165, 1.54) is 11.8 Å². The van der Waals surface area contributed by atoms with Crippen LogP contribution in [0.3, 0.4) is 0 Å².